The van der Waals surface area contributed by atoms with Crippen LogP contribution in [0.3, 0.4) is 0 Å². The first-order valence-corrected chi connectivity index (χ1v) is 7.32. The molecule has 0 aliphatic heterocycles. The third-order valence-electron chi connectivity index (χ3n) is 3.56. The Morgan fingerprint density at radius 3 is 2.29 bits per heavy atom. The number of carbonyl (C=O) groups excluding carboxylic acids is 1. The van der Waals surface area contributed by atoms with Crippen LogP contribution < -0.4 is 16.8 Å². The predicted octanol–water partition coefficient (Wildman–Crippen LogP) is 1.29. The van der Waals surface area contributed by atoms with Crippen LogP contribution in [-0.2, 0) is 9.53 Å². The molecule has 2 unspecified atom stereocenters. The minimum atomic E-state index is -0.244. The molecule has 0 spiro atoms. The SMILES string of the molecule is COC(CN)CC(=O)NCC(N)c1ccc(C(C)C)cc1. The van der Waals surface area contributed by atoms with Gasteiger partial charge < -0.3 is 21.5 Å². The van der Waals surface area contributed by atoms with Gasteiger partial charge in [-0.1, -0.05) is 38.1 Å². The molecule has 1 rings (SSSR count). The number of hydrogen-bond acceptors (Lipinski definition) is 4. The van der Waals surface area contributed by atoms with Crippen molar-refractivity contribution in [2.45, 2.75) is 38.3 Å². The van der Waals surface area contributed by atoms with Gasteiger partial charge in [-0.3, -0.25) is 4.79 Å². The highest BCUT2D eigenvalue weighted by molar-refractivity contribution is 5.76. The molecule has 0 aromatic heterocycles. The number of ether oxygens (including phenoxy) is 1. The molecule has 118 valence electrons. The van der Waals surface area contributed by atoms with Crippen molar-refractivity contribution in [1.29, 1.82) is 0 Å². The van der Waals surface area contributed by atoms with E-state index in [1.165, 1.54) is 5.56 Å². The summed E-state index contributed by atoms with van der Waals surface area (Å²) in [6.07, 6.45) is 0.0120. The van der Waals surface area contributed by atoms with Crippen LogP contribution in [0.4, 0.5) is 0 Å². The van der Waals surface area contributed by atoms with Gasteiger partial charge in [0.15, 0.2) is 0 Å². The summed E-state index contributed by atoms with van der Waals surface area (Å²) in [7, 11) is 1.55. The van der Waals surface area contributed by atoms with Gasteiger partial charge >= 0.3 is 0 Å². The Morgan fingerprint density at radius 1 is 1.24 bits per heavy atom. The number of rotatable bonds is 8. The molecule has 0 radical (unpaired) electrons. The van der Waals surface area contributed by atoms with Crippen molar-refractivity contribution in [3.8, 4) is 0 Å². The van der Waals surface area contributed by atoms with Crippen molar-refractivity contribution in [3.05, 3.63) is 35.4 Å². The Hall–Kier alpha value is -1.43. The highest BCUT2D eigenvalue weighted by atomic mass is 16.5. The van der Waals surface area contributed by atoms with E-state index in [4.69, 9.17) is 16.2 Å². The molecule has 0 aliphatic carbocycles. The number of methoxy groups -OCH3 is 1. The Bertz CT molecular complexity index is 428. The van der Waals surface area contributed by atoms with Gasteiger partial charge in [-0.2, -0.15) is 0 Å². The Morgan fingerprint density at radius 2 is 1.81 bits per heavy atom. The quantitative estimate of drug-likeness (QED) is 0.673. The molecule has 1 amide bonds. The first-order chi connectivity index (χ1) is 9.97. The van der Waals surface area contributed by atoms with Gasteiger partial charge in [0.05, 0.1) is 12.5 Å². The maximum Gasteiger partial charge on any atom is 0.222 e. The minimum absolute atomic E-state index is 0.0958. The maximum atomic E-state index is 11.7. The summed E-state index contributed by atoms with van der Waals surface area (Å²) in [5.41, 5.74) is 13.9. The topological polar surface area (TPSA) is 90.4 Å². The molecule has 0 bridgehead atoms. The van der Waals surface area contributed by atoms with Crippen LogP contribution in [0.25, 0.3) is 0 Å². The zero-order valence-corrected chi connectivity index (χ0v) is 13.1. The van der Waals surface area contributed by atoms with Crippen LogP contribution in [-0.4, -0.2) is 32.2 Å². The van der Waals surface area contributed by atoms with Gasteiger partial charge in [0.1, 0.15) is 0 Å². The van der Waals surface area contributed by atoms with Crippen molar-refractivity contribution < 1.29 is 9.53 Å². The fourth-order valence-electron chi connectivity index (χ4n) is 2.01. The summed E-state index contributed by atoms with van der Waals surface area (Å²) in [5, 5.41) is 2.82. The molecule has 21 heavy (non-hydrogen) atoms. The molecule has 0 fully saturated rings. The summed E-state index contributed by atoms with van der Waals surface area (Å²) in [4.78, 5) is 11.7. The van der Waals surface area contributed by atoms with E-state index in [9.17, 15) is 4.79 Å². The molecular formula is C16H27N3O2. The molecule has 0 aliphatic rings. The first kappa shape index (κ1) is 17.6. The van der Waals surface area contributed by atoms with Crippen LogP contribution in [0.2, 0.25) is 0 Å². The standard InChI is InChI=1S/C16H27N3O2/c1-11(2)12-4-6-13(7-5-12)15(18)10-19-16(20)8-14(9-17)21-3/h4-7,11,14-15H,8-10,17-18H2,1-3H3,(H,19,20). The van der Waals surface area contributed by atoms with E-state index in [0.29, 0.717) is 19.0 Å². The minimum Gasteiger partial charge on any atom is -0.380 e. The van der Waals surface area contributed by atoms with Crippen molar-refractivity contribution in [2.75, 3.05) is 20.2 Å². The second kappa shape index (κ2) is 8.77. The van der Waals surface area contributed by atoms with E-state index in [0.717, 1.165) is 5.56 Å². The molecule has 0 saturated heterocycles. The zero-order chi connectivity index (χ0) is 15.8. The first-order valence-electron chi connectivity index (χ1n) is 7.32. The average Bonchev–Trinajstić information content (AvgIpc) is 2.50. The van der Waals surface area contributed by atoms with E-state index < -0.39 is 0 Å². The molecule has 1 aromatic carbocycles. The van der Waals surface area contributed by atoms with Gasteiger partial charge in [0, 0.05) is 26.2 Å². The van der Waals surface area contributed by atoms with Crippen LogP contribution in [0.15, 0.2) is 24.3 Å². The third kappa shape index (κ3) is 5.83. The lowest BCUT2D eigenvalue weighted by Crippen LogP contribution is -2.36. The molecule has 5 nitrogen and oxygen atoms in total. The highest BCUT2D eigenvalue weighted by Gasteiger charge is 2.13. The van der Waals surface area contributed by atoms with Gasteiger partial charge in [-0.05, 0) is 17.0 Å². The van der Waals surface area contributed by atoms with Crippen LogP contribution >= 0.6 is 0 Å². The van der Waals surface area contributed by atoms with Gasteiger partial charge in [0.2, 0.25) is 5.91 Å². The molecule has 0 saturated carbocycles. The van der Waals surface area contributed by atoms with Crippen molar-refractivity contribution in [1.82, 2.24) is 5.32 Å². The zero-order valence-electron chi connectivity index (χ0n) is 13.1. The second-order valence-electron chi connectivity index (χ2n) is 5.53. The number of nitrogens with one attached hydrogen (secondary N) is 1. The van der Waals surface area contributed by atoms with Crippen molar-refractivity contribution >= 4 is 5.91 Å². The summed E-state index contributed by atoms with van der Waals surface area (Å²) < 4.78 is 5.08. The molecule has 0 heterocycles. The van der Waals surface area contributed by atoms with E-state index in [2.05, 4.69) is 31.3 Å². The van der Waals surface area contributed by atoms with E-state index >= 15 is 0 Å². The lowest BCUT2D eigenvalue weighted by atomic mass is 9.99. The third-order valence-corrected chi connectivity index (χ3v) is 3.56. The summed E-state index contributed by atoms with van der Waals surface area (Å²) in [6.45, 7) is 5.03. The number of carbonyl (C=O) groups is 1. The second-order valence-corrected chi connectivity index (χ2v) is 5.53. The number of hydrogen-bond donors (Lipinski definition) is 3. The lowest BCUT2D eigenvalue weighted by molar-refractivity contribution is -0.123. The van der Waals surface area contributed by atoms with Gasteiger partial charge in [-0.25, -0.2) is 0 Å². The van der Waals surface area contributed by atoms with Crippen molar-refractivity contribution in [2.24, 2.45) is 11.5 Å². The van der Waals surface area contributed by atoms with Crippen LogP contribution in [0, 0.1) is 0 Å². The van der Waals surface area contributed by atoms with Gasteiger partial charge in [0.25, 0.3) is 0 Å². The average molecular weight is 293 g/mol. The largest absolute Gasteiger partial charge is 0.380 e. The Labute approximate surface area is 127 Å². The monoisotopic (exact) mass is 293 g/mol. The lowest BCUT2D eigenvalue weighted by Gasteiger charge is -2.16. The molecule has 5 N–H and O–H groups in total. The maximum absolute atomic E-state index is 11.7. The van der Waals surface area contributed by atoms with Crippen molar-refractivity contribution in [3.63, 3.8) is 0 Å². The molecule has 2 atom stereocenters. The van der Waals surface area contributed by atoms with Gasteiger partial charge in [-0.15, -0.1) is 0 Å². The Kier molecular flexibility index (Phi) is 7.36. The predicted molar refractivity (Wildman–Crippen MR) is 84.9 cm³/mol. The smallest absolute Gasteiger partial charge is 0.222 e. The fourth-order valence-corrected chi connectivity index (χ4v) is 2.01. The van der Waals surface area contributed by atoms with E-state index in [1.54, 1.807) is 7.11 Å². The molecule has 5 heteroatoms. The number of amides is 1. The summed E-state index contributed by atoms with van der Waals surface area (Å²) in [6, 6.07) is 7.98. The number of nitrogens with two attached hydrogens (primary N) is 2. The van der Waals surface area contributed by atoms with Crippen LogP contribution in [0.1, 0.15) is 43.4 Å². The summed E-state index contributed by atoms with van der Waals surface area (Å²) >= 11 is 0. The van der Waals surface area contributed by atoms with E-state index in [1.807, 2.05) is 12.1 Å². The summed E-state index contributed by atoms with van der Waals surface area (Å²) in [5.74, 6) is 0.402. The van der Waals surface area contributed by atoms with E-state index in [-0.39, 0.29) is 24.5 Å². The molecule has 1 aromatic rings. The number of benzene rings is 1. The van der Waals surface area contributed by atoms with Crippen LogP contribution in [0.5, 0.6) is 0 Å². The highest BCUT2D eigenvalue weighted by Crippen LogP contribution is 2.17. The molecular weight excluding hydrogens is 266 g/mol. The normalized spacial score (nSPS) is 14.0. The Balaban J connectivity index is 2.46. The fraction of sp³-hybridized carbons (Fsp3) is 0.562.